The number of hydrogen-bond acceptors (Lipinski definition) is 3. The van der Waals surface area contributed by atoms with Gasteiger partial charge < -0.3 is 0 Å². The molecule has 4 rings (SSSR count). The van der Waals surface area contributed by atoms with Crippen molar-refractivity contribution in [3.05, 3.63) is 105 Å². The summed E-state index contributed by atoms with van der Waals surface area (Å²) in [6, 6.07) is 19.9. The lowest BCUT2D eigenvalue weighted by molar-refractivity contribution is 0.111. The van der Waals surface area contributed by atoms with Gasteiger partial charge in [0.1, 0.15) is 0 Å². The van der Waals surface area contributed by atoms with Gasteiger partial charge in [-0.05, 0) is 120 Å². The molecule has 0 fully saturated rings. The summed E-state index contributed by atoms with van der Waals surface area (Å²) in [6.07, 6.45) is 3.05. The Labute approximate surface area is 289 Å². The van der Waals surface area contributed by atoms with E-state index in [-0.39, 0.29) is 35.5 Å². The second-order valence-corrected chi connectivity index (χ2v) is 15.3. The Hall–Kier alpha value is -4.11. The number of hydrogen-bond donors (Lipinski definition) is 0. The van der Waals surface area contributed by atoms with Gasteiger partial charge in [-0.25, -0.2) is 0 Å². The van der Waals surface area contributed by atoms with Gasteiger partial charge in [-0.3, -0.25) is 14.4 Å². The van der Waals surface area contributed by atoms with Crippen LogP contribution >= 0.6 is 0 Å². The van der Waals surface area contributed by atoms with E-state index in [4.69, 9.17) is 0 Å². The summed E-state index contributed by atoms with van der Waals surface area (Å²) in [5.41, 5.74) is 15.1. The maximum Gasteiger partial charge on any atom is 0.150 e. The Morgan fingerprint density at radius 1 is 0.292 bits per heavy atom. The number of aldehydes is 3. The molecule has 0 aliphatic rings. The van der Waals surface area contributed by atoms with Crippen molar-refractivity contribution in [3.63, 3.8) is 0 Å². The standard InChI is InChI=1S/C45H54O3/c1-25(2)37-16-34(17-38(26(3)4)43(37)22-46)31-13-32(35-18-39(27(5)6)44(23-47)40(19-35)28(7)8)15-33(14-31)36-20-41(29(9)10)45(24-48)42(21-36)30(11)12/h13-30H,1-12H3. The average molecular weight is 643 g/mol. The highest BCUT2D eigenvalue weighted by molar-refractivity contribution is 5.89. The molecule has 252 valence electrons. The number of carbonyl (C=O) groups excluding carboxylic acids is 3. The molecule has 0 amide bonds. The first-order chi connectivity index (χ1) is 22.6. The van der Waals surface area contributed by atoms with Crippen LogP contribution in [0.1, 0.15) is 183 Å². The van der Waals surface area contributed by atoms with Crippen LogP contribution < -0.4 is 0 Å². The van der Waals surface area contributed by atoms with Crippen molar-refractivity contribution < 1.29 is 14.4 Å². The monoisotopic (exact) mass is 642 g/mol. The van der Waals surface area contributed by atoms with Gasteiger partial charge in [0.15, 0.2) is 18.9 Å². The van der Waals surface area contributed by atoms with Gasteiger partial charge in [-0.2, -0.15) is 0 Å². The van der Waals surface area contributed by atoms with E-state index in [2.05, 4.69) is 138 Å². The number of carbonyl (C=O) groups is 3. The van der Waals surface area contributed by atoms with Gasteiger partial charge in [0, 0.05) is 16.7 Å². The highest BCUT2D eigenvalue weighted by Gasteiger charge is 2.21. The lowest BCUT2D eigenvalue weighted by Gasteiger charge is -2.22. The highest BCUT2D eigenvalue weighted by atomic mass is 16.1. The molecular formula is C45H54O3. The number of benzene rings is 4. The Kier molecular flexibility index (Phi) is 11.5. The van der Waals surface area contributed by atoms with Crippen LogP contribution in [0.25, 0.3) is 33.4 Å². The number of rotatable bonds is 12. The zero-order valence-corrected chi connectivity index (χ0v) is 31.1. The molecule has 4 aromatic rings. The van der Waals surface area contributed by atoms with E-state index in [1.165, 1.54) is 0 Å². The van der Waals surface area contributed by atoms with Crippen LogP contribution in [0.5, 0.6) is 0 Å². The SMILES string of the molecule is CC(C)c1cc(-c2cc(-c3cc(C(C)C)c(C=O)c(C(C)C)c3)cc(-c3cc(C(C)C)c(C=O)c(C(C)C)c3)c2)cc(C(C)C)c1C=O. The van der Waals surface area contributed by atoms with Crippen LogP contribution in [-0.4, -0.2) is 18.9 Å². The third kappa shape index (κ3) is 7.31. The smallest absolute Gasteiger partial charge is 0.150 e. The van der Waals surface area contributed by atoms with Crippen LogP contribution in [0.15, 0.2) is 54.6 Å². The van der Waals surface area contributed by atoms with Crippen LogP contribution in [-0.2, 0) is 0 Å². The molecule has 4 aromatic carbocycles. The minimum atomic E-state index is 0.182. The van der Waals surface area contributed by atoms with Crippen molar-refractivity contribution in [3.8, 4) is 33.4 Å². The van der Waals surface area contributed by atoms with E-state index in [9.17, 15) is 14.4 Å². The van der Waals surface area contributed by atoms with Gasteiger partial charge >= 0.3 is 0 Å². The van der Waals surface area contributed by atoms with Gasteiger partial charge in [0.2, 0.25) is 0 Å². The maximum absolute atomic E-state index is 12.4. The van der Waals surface area contributed by atoms with Crippen LogP contribution in [0.2, 0.25) is 0 Å². The molecule has 0 spiro atoms. The van der Waals surface area contributed by atoms with Crippen molar-refractivity contribution in [1.82, 2.24) is 0 Å². The summed E-state index contributed by atoms with van der Waals surface area (Å²) in [7, 11) is 0. The van der Waals surface area contributed by atoms with Gasteiger partial charge in [-0.15, -0.1) is 0 Å². The molecule has 0 aliphatic carbocycles. The fourth-order valence-electron chi connectivity index (χ4n) is 7.00. The third-order valence-electron chi connectivity index (χ3n) is 9.75. The lowest BCUT2D eigenvalue weighted by atomic mass is 9.82. The van der Waals surface area contributed by atoms with Gasteiger partial charge in [0.25, 0.3) is 0 Å². The predicted molar refractivity (Wildman–Crippen MR) is 203 cm³/mol. The highest BCUT2D eigenvalue weighted by Crippen LogP contribution is 2.41. The fourth-order valence-corrected chi connectivity index (χ4v) is 7.00. The third-order valence-corrected chi connectivity index (χ3v) is 9.75. The molecule has 3 heteroatoms. The lowest BCUT2D eigenvalue weighted by Crippen LogP contribution is -2.05. The summed E-state index contributed by atoms with van der Waals surface area (Å²) >= 11 is 0. The molecule has 0 aromatic heterocycles. The summed E-state index contributed by atoms with van der Waals surface area (Å²) in [6.45, 7) is 25.7. The van der Waals surface area contributed by atoms with Gasteiger partial charge in [0.05, 0.1) is 0 Å². The van der Waals surface area contributed by atoms with E-state index < -0.39 is 0 Å². The second-order valence-electron chi connectivity index (χ2n) is 15.3. The topological polar surface area (TPSA) is 51.2 Å². The molecule has 0 radical (unpaired) electrons. The Balaban J connectivity index is 2.17. The molecule has 48 heavy (non-hydrogen) atoms. The summed E-state index contributed by atoms with van der Waals surface area (Å²) < 4.78 is 0. The quantitative estimate of drug-likeness (QED) is 0.144. The molecule has 0 saturated carbocycles. The zero-order chi connectivity index (χ0) is 35.6. The minimum absolute atomic E-state index is 0.182. The molecule has 0 saturated heterocycles. The van der Waals surface area contributed by atoms with Crippen molar-refractivity contribution in [2.24, 2.45) is 0 Å². The Bertz CT molecular complexity index is 1520. The first-order valence-corrected chi connectivity index (χ1v) is 17.7. The van der Waals surface area contributed by atoms with Crippen LogP contribution in [0, 0.1) is 0 Å². The van der Waals surface area contributed by atoms with E-state index in [1.807, 2.05) is 0 Å². The van der Waals surface area contributed by atoms with Crippen molar-refractivity contribution in [2.45, 2.75) is 119 Å². The molecule has 3 nitrogen and oxygen atoms in total. The van der Waals surface area contributed by atoms with E-state index in [0.717, 1.165) is 102 Å². The van der Waals surface area contributed by atoms with E-state index in [1.54, 1.807) is 0 Å². The summed E-state index contributed by atoms with van der Waals surface area (Å²) in [5.74, 6) is 1.09. The normalized spacial score (nSPS) is 11.9. The molecule has 0 unspecified atom stereocenters. The van der Waals surface area contributed by atoms with Crippen molar-refractivity contribution in [1.29, 1.82) is 0 Å². The van der Waals surface area contributed by atoms with Crippen molar-refractivity contribution in [2.75, 3.05) is 0 Å². The Morgan fingerprint density at radius 2 is 0.438 bits per heavy atom. The Morgan fingerprint density at radius 3 is 0.562 bits per heavy atom. The predicted octanol–water partition coefficient (Wildman–Crippen LogP) is 12.9. The zero-order valence-electron chi connectivity index (χ0n) is 31.1. The largest absolute Gasteiger partial charge is 0.298 e. The van der Waals surface area contributed by atoms with E-state index >= 15 is 0 Å². The summed E-state index contributed by atoms with van der Waals surface area (Å²) in [4.78, 5) is 37.2. The van der Waals surface area contributed by atoms with Crippen LogP contribution in [0.3, 0.4) is 0 Å². The molecular weight excluding hydrogens is 588 g/mol. The molecule has 0 heterocycles. The molecule has 0 atom stereocenters. The first-order valence-electron chi connectivity index (χ1n) is 17.7. The average Bonchev–Trinajstić information content (AvgIpc) is 3.05. The second kappa shape index (κ2) is 15.0. The fraction of sp³-hybridized carbons (Fsp3) is 0.400. The molecule has 0 aliphatic heterocycles. The van der Waals surface area contributed by atoms with E-state index in [0.29, 0.717) is 0 Å². The molecule has 0 N–H and O–H groups in total. The summed E-state index contributed by atoms with van der Waals surface area (Å²) in [5, 5.41) is 0. The molecule has 0 bridgehead atoms. The van der Waals surface area contributed by atoms with Gasteiger partial charge in [-0.1, -0.05) is 119 Å². The first kappa shape index (κ1) is 36.7. The maximum atomic E-state index is 12.4. The van der Waals surface area contributed by atoms with Crippen molar-refractivity contribution >= 4 is 18.9 Å². The minimum Gasteiger partial charge on any atom is -0.298 e. The van der Waals surface area contributed by atoms with Crippen LogP contribution in [0.4, 0.5) is 0 Å².